The molecule has 0 radical (unpaired) electrons. The van der Waals surface area contributed by atoms with E-state index in [1.54, 1.807) is 41.1 Å². The van der Waals surface area contributed by atoms with E-state index in [4.69, 9.17) is 16.0 Å². The van der Waals surface area contributed by atoms with Gasteiger partial charge in [-0.1, -0.05) is 35.9 Å². The number of aromatic nitrogens is 3. The number of carbonyl (C=O) groups excluding carboxylic acids is 1. The highest BCUT2D eigenvalue weighted by molar-refractivity contribution is 6.30. The van der Waals surface area contributed by atoms with Gasteiger partial charge in [0.05, 0.1) is 6.26 Å². The molecule has 3 heterocycles. The fourth-order valence-electron chi connectivity index (χ4n) is 3.31. The maximum atomic E-state index is 13.5. The maximum Gasteiger partial charge on any atom is 0.293 e. The summed E-state index contributed by atoms with van der Waals surface area (Å²) in [6.07, 6.45) is 3.37. The van der Waals surface area contributed by atoms with Gasteiger partial charge in [-0.3, -0.25) is 10.1 Å². The summed E-state index contributed by atoms with van der Waals surface area (Å²) in [4.78, 5) is 16.7. The second-order valence-corrected chi connectivity index (χ2v) is 7.28. The minimum absolute atomic E-state index is 0. The highest BCUT2D eigenvalue weighted by atomic mass is 35.5. The lowest BCUT2D eigenvalue weighted by Crippen LogP contribution is -2.20. The van der Waals surface area contributed by atoms with Crippen LogP contribution in [-0.4, -0.2) is 20.7 Å². The van der Waals surface area contributed by atoms with Crippen LogP contribution in [0.25, 0.3) is 5.70 Å². The molecular formula is C22H16Cl2FN5O2. The molecule has 2 aromatic heterocycles. The summed E-state index contributed by atoms with van der Waals surface area (Å²) in [7, 11) is 0. The second kappa shape index (κ2) is 8.86. The highest BCUT2D eigenvalue weighted by Crippen LogP contribution is 2.33. The topological polar surface area (TPSA) is 85.0 Å². The van der Waals surface area contributed by atoms with E-state index in [1.807, 2.05) is 18.2 Å². The van der Waals surface area contributed by atoms with Crippen LogP contribution < -0.4 is 10.6 Å². The van der Waals surface area contributed by atoms with Crippen LogP contribution in [0.5, 0.6) is 0 Å². The standard InChI is InChI=1S/C22H15ClFN5O2.ClH/c23-15-7-3-13(4-8-15)17-12-18(14-5-9-16(24)10-6-14)29-22(25-17)27-21(28-29)26-20(30)19-2-1-11-31-19;/h1-12,18H,(H2,25,26,27,28,30);1H. The number of rotatable bonds is 4. The third-order valence-electron chi connectivity index (χ3n) is 4.80. The lowest BCUT2D eigenvalue weighted by Gasteiger charge is -2.24. The number of nitrogens with one attached hydrogen (secondary N) is 2. The van der Waals surface area contributed by atoms with Gasteiger partial charge in [-0.25, -0.2) is 9.07 Å². The molecule has 162 valence electrons. The van der Waals surface area contributed by atoms with E-state index in [-0.39, 0.29) is 36.0 Å². The van der Waals surface area contributed by atoms with Crippen molar-refractivity contribution in [1.82, 2.24) is 14.8 Å². The molecule has 1 amide bonds. The molecular weight excluding hydrogens is 456 g/mol. The molecule has 7 nitrogen and oxygen atoms in total. The molecule has 0 bridgehead atoms. The first-order valence-electron chi connectivity index (χ1n) is 9.38. The average Bonchev–Trinajstić information content (AvgIpc) is 3.44. The Kier molecular flexibility index (Phi) is 5.98. The molecule has 0 aliphatic carbocycles. The van der Waals surface area contributed by atoms with E-state index < -0.39 is 5.91 Å². The van der Waals surface area contributed by atoms with E-state index in [0.29, 0.717) is 11.0 Å². The summed E-state index contributed by atoms with van der Waals surface area (Å²) in [6.45, 7) is 0. The number of furan rings is 1. The van der Waals surface area contributed by atoms with Crippen LogP contribution in [0.3, 0.4) is 0 Å². The van der Waals surface area contributed by atoms with Crippen molar-refractivity contribution in [3.8, 4) is 0 Å². The third-order valence-corrected chi connectivity index (χ3v) is 5.05. The van der Waals surface area contributed by atoms with Crippen LogP contribution in [-0.2, 0) is 0 Å². The van der Waals surface area contributed by atoms with Gasteiger partial charge in [-0.15, -0.1) is 17.5 Å². The van der Waals surface area contributed by atoms with Crippen molar-refractivity contribution in [2.75, 3.05) is 10.6 Å². The Labute approximate surface area is 193 Å². The molecule has 1 aliphatic rings. The van der Waals surface area contributed by atoms with Crippen molar-refractivity contribution >= 4 is 47.5 Å². The number of benzene rings is 2. The summed E-state index contributed by atoms with van der Waals surface area (Å²) in [5.74, 6) is -0.101. The Balaban J connectivity index is 0.00000245. The highest BCUT2D eigenvalue weighted by Gasteiger charge is 2.26. The van der Waals surface area contributed by atoms with Crippen LogP contribution in [0.1, 0.15) is 27.7 Å². The SMILES string of the molecule is Cl.O=C(Nc1nc2n(n1)C(c1ccc(F)cc1)C=C(c1ccc(Cl)cc1)N2)c1ccco1. The molecule has 2 N–H and O–H groups in total. The maximum absolute atomic E-state index is 13.5. The summed E-state index contributed by atoms with van der Waals surface area (Å²) in [6, 6.07) is 16.3. The van der Waals surface area contributed by atoms with Crippen molar-refractivity contribution in [1.29, 1.82) is 0 Å². The minimum Gasteiger partial charge on any atom is -0.459 e. The van der Waals surface area contributed by atoms with Crippen LogP contribution in [0.15, 0.2) is 77.4 Å². The molecule has 1 atom stereocenters. The van der Waals surface area contributed by atoms with Crippen LogP contribution in [0.4, 0.5) is 16.3 Å². The molecule has 4 aromatic rings. The van der Waals surface area contributed by atoms with Gasteiger partial charge >= 0.3 is 0 Å². The largest absolute Gasteiger partial charge is 0.459 e. The van der Waals surface area contributed by atoms with Crippen LogP contribution in [0, 0.1) is 5.82 Å². The predicted octanol–water partition coefficient (Wildman–Crippen LogP) is 5.39. The Morgan fingerprint density at radius 3 is 2.56 bits per heavy atom. The van der Waals surface area contributed by atoms with Crippen molar-refractivity contribution in [2.45, 2.75) is 6.04 Å². The quantitative estimate of drug-likeness (QED) is 0.416. The van der Waals surface area contributed by atoms with Gasteiger partial charge in [0, 0.05) is 10.7 Å². The molecule has 1 unspecified atom stereocenters. The van der Waals surface area contributed by atoms with Gasteiger partial charge in [0.25, 0.3) is 11.9 Å². The summed E-state index contributed by atoms with van der Waals surface area (Å²) >= 11 is 6.02. The van der Waals surface area contributed by atoms with E-state index in [1.165, 1.54) is 18.4 Å². The first-order valence-corrected chi connectivity index (χ1v) is 9.76. The number of hydrogen-bond acceptors (Lipinski definition) is 5. The predicted molar refractivity (Wildman–Crippen MR) is 122 cm³/mol. The van der Waals surface area contributed by atoms with E-state index in [2.05, 4.69) is 20.7 Å². The number of amides is 1. The van der Waals surface area contributed by atoms with Gasteiger partial charge in [0.15, 0.2) is 5.76 Å². The molecule has 1 aliphatic heterocycles. The number of anilines is 2. The lowest BCUT2D eigenvalue weighted by molar-refractivity contribution is 0.0995. The van der Waals surface area contributed by atoms with Crippen LogP contribution in [0.2, 0.25) is 5.02 Å². The van der Waals surface area contributed by atoms with Gasteiger partial charge in [-0.2, -0.15) is 4.98 Å². The van der Waals surface area contributed by atoms with Gasteiger partial charge in [0.2, 0.25) is 5.95 Å². The molecule has 0 fully saturated rings. The first-order chi connectivity index (χ1) is 15.1. The van der Waals surface area contributed by atoms with Crippen molar-refractivity contribution in [3.05, 3.63) is 101 Å². The smallest absolute Gasteiger partial charge is 0.293 e. The van der Waals surface area contributed by atoms with Gasteiger partial charge in [0.1, 0.15) is 11.9 Å². The van der Waals surface area contributed by atoms with Gasteiger partial charge < -0.3 is 9.73 Å². The molecule has 0 spiro atoms. The zero-order valence-electron chi connectivity index (χ0n) is 16.3. The zero-order valence-corrected chi connectivity index (χ0v) is 17.9. The number of hydrogen-bond donors (Lipinski definition) is 2. The third kappa shape index (κ3) is 4.23. The fourth-order valence-corrected chi connectivity index (χ4v) is 3.44. The molecule has 0 saturated heterocycles. The fraction of sp³-hybridized carbons (Fsp3) is 0.0455. The number of carbonyl (C=O) groups is 1. The van der Waals surface area contributed by atoms with E-state index in [0.717, 1.165) is 16.8 Å². The molecule has 32 heavy (non-hydrogen) atoms. The van der Waals surface area contributed by atoms with Crippen LogP contribution >= 0.6 is 24.0 Å². The number of allylic oxidation sites excluding steroid dienone is 1. The molecule has 10 heteroatoms. The zero-order chi connectivity index (χ0) is 21.4. The number of fused-ring (bicyclic) bond motifs is 1. The van der Waals surface area contributed by atoms with Gasteiger partial charge in [-0.05, 0) is 53.6 Å². The Morgan fingerprint density at radius 1 is 1.12 bits per heavy atom. The molecule has 5 rings (SSSR count). The Morgan fingerprint density at radius 2 is 1.88 bits per heavy atom. The average molecular weight is 472 g/mol. The van der Waals surface area contributed by atoms with E-state index >= 15 is 0 Å². The normalized spacial score (nSPS) is 14.6. The second-order valence-electron chi connectivity index (χ2n) is 6.84. The molecule has 0 saturated carbocycles. The Hall–Kier alpha value is -3.62. The van der Waals surface area contributed by atoms with Crippen molar-refractivity contribution < 1.29 is 13.6 Å². The van der Waals surface area contributed by atoms with Crippen molar-refractivity contribution in [3.63, 3.8) is 0 Å². The molecule has 2 aromatic carbocycles. The van der Waals surface area contributed by atoms with E-state index in [9.17, 15) is 9.18 Å². The summed E-state index contributed by atoms with van der Waals surface area (Å²) in [5, 5.41) is 10.9. The summed E-state index contributed by atoms with van der Waals surface area (Å²) in [5.41, 5.74) is 2.49. The Bertz CT molecular complexity index is 1270. The monoisotopic (exact) mass is 471 g/mol. The lowest BCUT2D eigenvalue weighted by atomic mass is 10.0. The first kappa shape index (κ1) is 21.6. The summed E-state index contributed by atoms with van der Waals surface area (Å²) < 4.78 is 20.2. The van der Waals surface area contributed by atoms with Crippen molar-refractivity contribution in [2.24, 2.45) is 0 Å². The minimum atomic E-state index is -0.461. The number of halogens is 3. The number of nitrogens with zero attached hydrogens (tertiary/aromatic N) is 3.